The molecule has 45 heavy (non-hydrogen) atoms. The third-order valence-electron chi connectivity index (χ3n) is 8.80. The summed E-state index contributed by atoms with van der Waals surface area (Å²) < 4.78 is 42.3. The second-order valence-electron chi connectivity index (χ2n) is 11.9. The van der Waals surface area contributed by atoms with Crippen molar-refractivity contribution in [3.05, 3.63) is 53.0 Å². The molecule has 0 saturated carbocycles. The summed E-state index contributed by atoms with van der Waals surface area (Å²) in [6.07, 6.45) is -3.35. The average molecular weight is 644 g/mol. The van der Waals surface area contributed by atoms with E-state index in [1.807, 2.05) is 24.3 Å². The number of amides is 5. The van der Waals surface area contributed by atoms with Crippen molar-refractivity contribution >= 4 is 51.0 Å². The molecule has 3 aliphatic rings. The molecular weight excluding hydrogens is 611 g/mol. The van der Waals surface area contributed by atoms with E-state index >= 15 is 0 Å². The van der Waals surface area contributed by atoms with Gasteiger partial charge in [0.1, 0.15) is 11.8 Å². The van der Waals surface area contributed by atoms with Crippen LogP contribution in [0.25, 0.3) is 10.2 Å². The largest absolute Gasteiger partial charge is 0.573 e. The van der Waals surface area contributed by atoms with Gasteiger partial charge >= 0.3 is 12.4 Å². The molecule has 10 nitrogen and oxygen atoms in total. The second kappa shape index (κ2) is 11.6. The summed E-state index contributed by atoms with van der Waals surface area (Å²) >= 11 is 0.870. The van der Waals surface area contributed by atoms with Crippen LogP contribution in [0.2, 0.25) is 0 Å². The SMILES string of the molecule is CC(C)c1ccc(NC(=O)N2CCC[C@H]2C(=O)N2CC[C@H]3[C@H]2[C@H](C)C(=O)N3C(=O)c2nc3ccc(OC(F)(F)F)cc3s2)cc1. The average Bonchev–Trinajstić information content (AvgIpc) is 3.77. The number of urea groups is 1. The second-order valence-corrected chi connectivity index (χ2v) is 13.0. The highest BCUT2D eigenvalue weighted by Crippen LogP contribution is 2.39. The quantitative estimate of drug-likeness (QED) is 0.362. The molecule has 3 aliphatic heterocycles. The predicted molar refractivity (Wildman–Crippen MR) is 160 cm³/mol. The normalized spacial score (nSPS) is 23.3. The Hall–Kier alpha value is -4.20. The molecule has 0 radical (unpaired) electrons. The van der Waals surface area contributed by atoms with Gasteiger partial charge in [0.05, 0.1) is 28.2 Å². The number of imide groups is 1. The van der Waals surface area contributed by atoms with Crippen LogP contribution in [0.5, 0.6) is 5.75 Å². The van der Waals surface area contributed by atoms with E-state index in [1.54, 1.807) is 11.8 Å². The van der Waals surface area contributed by atoms with Crippen LogP contribution < -0.4 is 10.1 Å². The lowest BCUT2D eigenvalue weighted by Gasteiger charge is -2.32. The Morgan fingerprint density at radius 2 is 1.78 bits per heavy atom. The molecule has 5 amide bonds. The van der Waals surface area contributed by atoms with Crippen molar-refractivity contribution in [2.45, 2.75) is 70.4 Å². The number of aromatic nitrogens is 1. The molecule has 3 aromatic rings. The molecule has 1 aromatic heterocycles. The van der Waals surface area contributed by atoms with Crippen molar-refractivity contribution in [3.63, 3.8) is 0 Å². The minimum Gasteiger partial charge on any atom is -0.406 e. The molecule has 0 spiro atoms. The number of benzene rings is 2. The van der Waals surface area contributed by atoms with E-state index in [9.17, 15) is 32.3 Å². The lowest BCUT2D eigenvalue weighted by Crippen LogP contribution is -2.52. The Labute approximate surface area is 261 Å². The van der Waals surface area contributed by atoms with Gasteiger partial charge in [-0.15, -0.1) is 24.5 Å². The molecule has 1 N–H and O–H groups in total. The van der Waals surface area contributed by atoms with E-state index in [4.69, 9.17) is 0 Å². The van der Waals surface area contributed by atoms with Gasteiger partial charge < -0.3 is 19.9 Å². The zero-order valence-electron chi connectivity index (χ0n) is 24.8. The van der Waals surface area contributed by atoms with E-state index in [1.165, 1.54) is 11.0 Å². The molecule has 0 unspecified atom stereocenters. The molecule has 0 aliphatic carbocycles. The van der Waals surface area contributed by atoms with E-state index < -0.39 is 48.0 Å². The first-order valence-corrected chi connectivity index (χ1v) is 15.7. The van der Waals surface area contributed by atoms with Crippen molar-refractivity contribution in [2.75, 3.05) is 18.4 Å². The van der Waals surface area contributed by atoms with Gasteiger partial charge in [-0.2, -0.15) is 0 Å². The van der Waals surface area contributed by atoms with Gasteiger partial charge in [-0.3, -0.25) is 19.3 Å². The van der Waals surface area contributed by atoms with Crippen LogP contribution in [0.1, 0.15) is 61.3 Å². The van der Waals surface area contributed by atoms with Crippen LogP contribution in [-0.2, 0) is 9.59 Å². The fourth-order valence-corrected chi connectivity index (χ4v) is 7.55. The topological polar surface area (TPSA) is 112 Å². The Bertz CT molecular complexity index is 1660. The zero-order valence-corrected chi connectivity index (χ0v) is 25.7. The minimum absolute atomic E-state index is 0.0415. The van der Waals surface area contributed by atoms with E-state index in [2.05, 4.69) is 28.9 Å². The van der Waals surface area contributed by atoms with Gasteiger partial charge in [-0.1, -0.05) is 32.9 Å². The van der Waals surface area contributed by atoms with E-state index in [-0.39, 0.29) is 16.9 Å². The smallest absolute Gasteiger partial charge is 0.406 e. The number of nitrogens with zero attached hydrogens (tertiary/aromatic N) is 4. The maximum Gasteiger partial charge on any atom is 0.573 e. The number of hydrogen-bond acceptors (Lipinski definition) is 7. The Balaban J connectivity index is 1.16. The van der Waals surface area contributed by atoms with Crippen LogP contribution in [0.3, 0.4) is 0 Å². The number of anilines is 1. The maximum atomic E-state index is 13.9. The van der Waals surface area contributed by atoms with Crippen molar-refractivity contribution in [2.24, 2.45) is 5.92 Å². The van der Waals surface area contributed by atoms with Crippen LogP contribution in [0.4, 0.5) is 23.7 Å². The standard InChI is InChI=1S/C31H32F3N5O5S/c1-16(2)18-6-8-19(9-7-18)35-30(43)37-13-4-5-23(37)28(41)38-14-12-22-25(38)17(3)27(40)39(22)29(42)26-36-21-11-10-20(15-24(21)45-26)44-31(32,33)34/h6-11,15-17,22-23,25H,4-5,12-14H2,1-3H3,(H,35,43)/t17-,22-,23-,25+/m0/s1. The molecule has 3 saturated heterocycles. The van der Waals surface area contributed by atoms with Gasteiger partial charge in [0.2, 0.25) is 11.8 Å². The van der Waals surface area contributed by atoms with Gasteiger partial charge in [-0.05, 0) is 61.1 Å². The first kappa shape index (κ1) is 30.8. The zero-order chi connectivity index (χ0) is 32.2. The summed E-state index contributed by atoms with van der Waals surface area (Å²) in [6.45, 7) is 6.58. The van der Waals surface area contributed by atoms with E-state index in [0.717, 1.165) is 33.9 Å². The van der Waals surface area contributed by atoms with Crippen LogP contribution in [0.15, 0.2) is 42.5 Å². The summed E-state index contributed by atoms with van der Waals surface area (Å²) in [7, 11) is 0. The summed E-state index contributed by atoms with van der Waals surface area (Å²) in [6, 6.07) is 8.95. The number of thiazole rings is 1. The highest BCUT2D eigenvalue weighted by atomic mass is 32.1. The van der Waals surface area contributed by atoms with Crippen molar-refractivity contribution in [1.82, 2.24) is 19.7 Å². The summed E-state index contributed by atoms with van der Waals surface area (Å²) in [5, 5.41) is 2.85. The van der Waals surface area contributed by atoms with E-state index in [0.29, 0.717) is 54.2 Å². The molecule has 4 atom stereocenters. The predicted octanol–water partition coefficient (Wildman–Crippen LogP) is 5.60. The van der Waals surface area contributed by atoms with Crippen molar-refractivity contribution in [3.8, 4) is 5.75 Å². The first-order valence-electron chi connectivity index (χ1n) is 14.8. The lowest BCUT2D eigenvalue weighted by atomic mass is 10.0. The van der Waals surface area contributed by atoms with Crippen molar-refractivity contribution in [1.29, 1.82) is 0 Å². The lowest BCUT2D eigenvalue weighted by molar-refractivity contribution is -0.274. The number of alkyl halides is 3. The molecule has 3 fully saturated rings. The molecule has 238 valence electrons. The molecule has 14 heteroatoms. The minimum atomic E-state index is -4.87. The Morgan fingerprint density at radius 3 is 2.47 bits per heavy atom. The number of rotatable bonds is 5. The number of carbonyl (C=O) groups excluding carboxylic acids is 4. The summed E-state index contributed by atoms with van der Waals surface area (Å²) in [5.74, 6) is -2.11. The third-order valence-corrected chi connectivity index (χ3v) is 9.80. The molecule has 0 bridgehead atoms. The Morgan fingerprint density at radius 1 is 1.04 bits per heavy atom. The van der Waals surface area contributed by atoms with Crippen LogP contribution >= 0.6 is 11.3 Å². The van der Waals surface area contributed by atoms with Gasteiger partial charge in [-0.25, -0.2) is 9.78 Å². The number of fused-ring (bicyclic) bond motifs is 2. The highest BCUT2D eigenvalue weighted by molar-refractivity contribution is 7.20. The molecular formula is C31H32F3N5O5S. The number of hydrogen-bond donors (Lipinski definition) is 1. The van der Waals surface area contributed by atoms with Gasteiger partial charge in [0, 0.05) is 18.8 Å². The molecule has 6 rings (SSSR count). The monoisotopic (exact) mass is 643 g/mol. The highest BCUT2D eigenvalue weighted by Gasteiger charge is 2.56. The number of nitrogens with one attached hydrogen (secondary N) is 1. The van der Waals surface area contributed by atoms with Gasteiger partial charge in [0.25, 0.3) is 5.91 Å². The maximum absolute atomic E-state index is 13.9. The summed E-state index contributed by atoms with van der Waals surface area (Å²) in [4.78, 5) is 62.8. The number of halogens is 3. The fraction of sp³-hybridized carbons (Fsp3) is 0.452. The van der Waals surface area contributed by atoms with Crippen LogP contribution in [0, 0.1) is 5.92 Å². The van der Waals surface area contributed by atoms with Crippen molar-refractivity contribution < 1.29 is 37.1 Å². The fourth-order valence-electron chi connectivity index (χ4n) is 6.62. The molecule has 2 aromatic carbocycles. The van der Waals surface area contributed by atoms with Gasteiger partial charge in [0.15, 0.2) is 5.01 Å². The first-order chi connectivity index (χ1) is 21.3. The summed E-state index contributed by atoms with van der Waals surface area (Å²) in [5.41, 5.74) is 2.08. The number of likely N-dealkylation sites (tertiary alicyclic amines) is 3. The number of carbonyl (C=O) groups is 4. The number of ether oxygens (including phenoxy) is 1. The molecule has 4 heterocycles. The third kappa shape index (κ3) is 5.83. The Kier molecular flexibility index (Phi) is 7.96. The van der Waals surface area contributed by atoms with Crippen LogP contribution in [-0.4, -0.2) is 81.0 Å².